The summed E-state index contributed by atoms with van der Waals surface area (Å²) >= 11 is 5.91. The molecule has 0 bridgehead atoms. The quantitative estimate of drug-likeness (QED) is 0.578. The maximum atomic E-state index is 5.91. The van der Waals surface area contributed by atoms with Crippen LogP contribution in [-0.4, -0.2) is 15.0 Å². The molecule has 0 saturated carbocycles. The topological polar surface area (TPSA) is 38.7 Å². The van der Waals surface area contributed by atoms with E-state index in [-0.39, 0.29) is 0 Å². The lowest BCUT2D eigenvalue weighted by molar-refractivity contribution is 0.684. The van der Waals surface area contributed by atoms with Crippen LogP contribution < -0.4 is 0 Å². The molecule has 0 N–H and O–H groups in total. The van der Waals surface area contributed by atoms with E-state index in [1.54, 1.807) is 0 Å². The number of hydrogen-bond donors (Lipinski definition) is 0. The Balaban J connectivity index is 2.97. The third-order valence-electron chi connectivity index (χ3n) is 1.03. The highest BCUT2D eigenvalue weighted by molar-refractivity contribution is 6.23. The van der Waals surface area contributed by atoms with E-state index in [2.05, 4.69) is 15.0 Å². The van der Waals surface area contributed by atoms with Crippen LogP contribution >= 0.6 is 11.6 Å². The lowest BCUT2D eigenvalue weighted by Crippen LogP contribution is -2.12. The number of alkyl halides is 1. The van der Waals surface area contributed by atoms with Crippen molar-refractivity contribution in [1.82, 2.24) is 15.0 Å². The number of rotatable bonds is 1. The lowest BCUT2D eigenvalue weighted by Gasteiger charge is -2.11. The Kier molecular flexibility index (Phi) is 1.85. The van der Waals surface area contributed by atoms with Gasteiger partial charge in [0.25, 0.3) is 0 Å². The Morgan fingerprint density at radius 1 is 1.30 bits per heavy atom. The van der Waals surface area contributed by atoms with Crippen molar-refractivity contribution in [2.24, 2.45) is 0 Å². The Morgan fingerprint density at radius 3 is 2.10 bits per heavy atom. The van der Waals surface area contributed by atoms with Crippen LogP contribution in [0.1, 0.15) is 19.7 Å². The molecule has 0 amide bonds. The molecule has 1 rings (SSSR count). The van der Waals surface area contributed by atoms with Crippen LogP contribution in [-0.2, 0) is 4.87 Å². The average molecular weight is 158 g/mol. The van der Waals surface area contributed by atoms with E-state index in [1.165, 1.54) is 12.7 Å². The predicted molar refractivity (Wildman–Crippen MR) is 38.7 cm³/mol. The first-order valence-corrected chi connectivity index (χ1v) is 3.30. The molecular weight excluding hydrogens is 150 g/mol. The minimum Gasteiger partial charge on any atom is -0.225 e. The van der Waals surface area contributed by atoms with E-state index in [1.807, 2.05) is 13.8 Å². The van der Waals surface area contributed by atoms with Crippen molar-refractivity contribution in [3.8, 4) is 0 Å². The van der Waals surface area contributed by atoms with Gasteiger partial charge in [-0.25, -0.2) is 15.0 Å². The molecule has 1 aromatic heterocycles. The first kappa shape index (κ1) is 7.41. The van der Waals surface area contributed by atoms with Crippen LogP contribution in [0.4, 0.5) is 0 Å². The highest BCUT2D eigenvalue weighted by atomic mass is 35.5. The van der Waals surface area contributed by atoms with Gasteiger partial charge in [-0.15, -0.1) is 11.6 Å². The Bertz CT molecular complexity index is 204. The van der Waals surface area contributed by atoms with Crippen molar-refractivity contribution in [3.05, 3.63) is 18.5 Å². The molecule has 0 aliphatic rings. The minimum absolute atomic E-state index is 0.497. The van der Waals surface area contributed by atoms with Crippen molar-refractivity contribution >= 4 is 11.6 Å². The second-order valence-electron chi connectivity index (χ2n) is 2.43. The fraction of sp³-hybridized carbons (Fsp3) is 0.500. The molecule has 10 heavy (non-hydrogen) atoms. The van der Waals surface area contributed by atoms with Crippen molar-refractivity contribution in [2.45, 2.75) is 18.7 Å². The number of hydrogen-bond acceptors (Lipinski definition) is 3. The van der Waals surface area contributed by atoms with Gasteiger partial charge in [0.1, 0.15) is 12.7 Å². The van der Waals surface area contributed by atoms with E-state index in [9.17, 15) is 0 Å². The summed E-state index contributed by atoms with van der Waals surface area (Å²) in [6, 6.07) is 0. The van der Waals surface area contributed by atoms with Gasteiger partial charge in [-0.1, -0.05) is 0 Å². The monoisotopic (exact) mass is 157 g/mol. The summed E-state index contributed by atoms with van der Waals surface area (Å²) < 4.78 is 0. The molecule has 0 spiro atoms. The van der Waals surface area contributed by atoms with E-state index in [0.717, 1.165) is 0 Å². The first-order valence-electron chi connectivity index (χ1n) is 2.92. The van der Waals surface area contributed by atoms with Gasteiger partial charge in [0.2, 0.25) is 0 Å². The molecule has 0 atom stereocenters. The normalized spacial score (nSPS) is 11.5. The molecule has 0 aliphatic heterocycles. The van der Waals surface area contributed by atoms with Crippen LogP contribution in [0.2, 0.25) is 0 Å². The fourth-order valence-electron chi connectivity index (χ4n) is 0.546. The maximum Gasteiger partial charge on any atom is 0.152 e. The summed E-state index contributed by atoms with van der Waals surface area (Å²) in [7, 11) is 0. The second-order valence-corrected chi connectivity index (χ2v) is 3.38. The molecule has 0 saturated heterocycles. The van der Waals surface area contributed by atoms with Crippen molar-refractivity contribution in [2.75, 3.05) is 0 Å². The fourth-order valence-corrected chi connectivity index (χ4v) is 0.644. The smallest absolute Gasteiger partial charge is 0.152 e. The summed E-state index contributed by atoms with van der Waals surface area (Å²) in [5, 5.41) is 0. The molecule has 0 aliphatic carbocycles. The zero-order valence-corrected chi connectivity index (χ0v) is 6.63. The Labute approximate surface area is 64.5 Å². The average Bonchev–Trinajstić information content (AvgIpc) is 1.88. The molecular formula is C6H8ClN3. The number of aromatic nitrogens is 3. The standard InChI is InChI=1S/C6H8ClN3/c1-6(2,7)5-9-3-8-4-10-5/h3-4H,1-2H3. The third-order valence-corrected chi connectivity index (χ3v) is 1.19. The van der Waals surface area contributed by atoms with Crippen LogP contribution in [0.3, 0.4) is 0 Å². The van der Waals surface area contributed by atoms with Gasteiger partial charge in [-0.3, -0.25) is 0 Å². The molecule has 0 unspecified atom stereocenters. The first-order chi connectivity index (χ1) is 4.61. The molecule has 1 heterocycles. The van der Waals surface area contributed by atoms with Crippen molar-refractivity contribution in [1.29, 1.82) is 0 Å². The summed E-state index contributed by atoms with van der Waals surface area (Å²) in [5.41, 5.74) is 0. The molecule has 54 valence electrons. The number of nitrogens with zero attached hydrogens (tertiary/aromatic N) is 3. The van der Waals surface area contributed by atoms with Crippen LogP contribution in [0.15, 0.2) is 12.7 Å². The predicted octanol–water partition coefficient (Wildman–Crippen LogP) is 1.35. The molecule has 0 radical (unpaired) electrons. The molecule has 0 aromatic carbocycles. The van der Waals surface area contributed by atoms with Crippen LogP contribution in [0, 0.1) is 0 Å². The van der Waals surface area contributed by atoms with Gasteiger partial charge in [0.15, 0.2) is 5.82 Å². The van der Waals surface area contributed by atoms with Crippen molar-refractivity contribution in [3.63, 3.8) is 0 Å². The van der Waals surface area contributed by atoms with Gasteiger partial charge in [-0.05, 0) is 13.8 Å². The van der Waals surface area contributed by atoms with E-state index in [0.29, 0.717) is 5.82 Å². The van der Waals surface area contributed by atoms with Gasteiger partial charge in [0.05, 0.1) is 4.87 Å². The largest absolute Gasteiger partial charge is 0.225 e. The van der Waals surface area contributed by atoms with Gasteiger partial charge >= 0.3 is 0 Å². The highest BCUT2D eigenvalue weighted by Crippen LogP contribution is 2.22. The summed E-state index contributed by atoms with van der Waals surface area (Å²) in [6.07, 6.45) is 2.87. The molecule has 3 nitrogen and oxygen atoms in total. The van der Waals surface area contributed by atoms with Gasteiger partial charge in [0, 0.05) is 0 Å². The third kappa shape index (κ3) is 1.64. The Morgan fingerprint density at radius 2 is 1.80 bits per heavy atom. The van der Waals surface area contributed by atoms with E-state index >= 15 is 0 Å². The SMILES string of the molecule is CC(C)(Cl)c1ncncn1. The Hall–Kier alpha value is -0.700. The summed E-state index contributed by atoms with van der Waals surface area (Å²) in [5.74, 6) is 0.601. The number of halogens is 1. The summed E-state index contributed by atoms with van der Waals surface area (Å²) in [4.78, 5) is 11.0. The zero-order chi connectivity index (χ0) is 7.61. The zero-order valence-electron chi connectivity index (χ0n) is 5.87. The van der Waals surface area contributed by atoms with Gasteiger partial charge < -0.3 is 0 Å². The minimum atomic E-state index is -0.497. The van der Waals surface area contributed by atoms with E-state index in [4.69, 9.17) is 11.6 Å². The highest BCUT2D eigenvalue weighted by Gasteiger charge is 2.18. The van der Waals surface area contributed by atoms with Crippen molar-refractivity contribution < 1.29 is 0 Å². The second kappa shape index (κ2) is 2.50. The lowest BCUT2D eigenvalue weighted by atomic mass is 10.2. The maximum absolute atomic E-state index is 5.91. The summed E-state index contributed by atoms with van der Waals surface area (Å²) in [6.45, 7) is 3.67. The van der Waals surface area contributed by atoms with Crippen LogP contribution in [0.5, 0.6) is 0 Å². The van der Waals surface area contributed by atoms with Crippen LogP contribution in [0.25, 0.3) is 0 Å². The molecule has 4 heteroatoms. The van der Waals surface area contributed by atoms with Gasteiger partial charge in [-0.2, -0.15) is 0 Å². The molecule has 1 aromatic rings. The van der Waals surface area contributed by atoms with E-state index < -0.39 is 4.87 Å². The molecule has 0 fully saturated rings.